The van der Waals surface area contributed by atoms with Crippen molar-refractivity contribution in [1.29, 1.82) is 0 Å². The third kappa shape index (κ3) is 3.66. The van der Waals surface area contributed by atoms with Gasteiger partial charge in [-0.15, -0.1) is 22.7 Å². The van der Waals surface area contributed by atoms with E-state index in [0.717, 1.165) is 31.3 Å². The summed E-state index contributed by atoms with van der Waals surface area (Å²) in [7, 11) is 0. The SMILES string of the molecule is CC(C(=O)NCc1cccs1)N1CCN(c2nccs2)CC1. The van der Waals surface area contributed by atoms with Crippen molar-refractivity contribution in [2.24, 2.45) is 0 Å². The van der Waals surface area contributed by atoms with Crippen LogP contribution in [-0.4, -0.2) is 48.0 Å². The molecule has 1 amide bonds. The molecule has 5 nitrogen and oxygen atoms in total. The van der Waals surface area contributed by atoms with Gasteiger partial charge in [-0.3, -0.25) is 9.69 Å². The first-order valence-corrected chi connectivity index (χ1v) is 9.18. The molecule has 0 aromatic carbocycles. The second-order valence-corrected chi connectivity index (χ2v) is 7.22. The molecule has 22 heavy (non-hydrogen) atoms. The van der Waals surface area contributed by atoms with Crippen molar-refractivity contribution < 1.29 is 4.79 Å². The number of aromatic nitrogens is 1. The molecule has 0 spiro atoms. The zero-order chi connectivity index (χ0) is 15.4. The Balaban J connectivity index is 1.46. The van der Waals surface area contributed by atoms with Gasteiger partial charge >= 0.3 is 0 Å². The number of carbonyl (C=O) groups excluding carboxylic acids is 1. The summed E-state index contributed by atoms with van der Waals surface area (Å²) in [5, 5.41) is 8.14. The van der Waals surface area contributed by atoms with Crippen LogP contribution in [0, 0.1) is 0 Å². The predicted molar refractivity (Wildman–Crippen MR) is 91.5 cm³/mol. The summed E-state index contributed by atoms with van der Waals surface area (Å²) in [6.45, 7) is 6.26. The van der Waals surface area contributed by atoms with Gasteiger partial charge in [0.1, 0.15) is 0 Å². The molecule has 1 N–H and O–H groups in total. The lowest BCUT2D eigenvalue weighted by Crippen LogP contribution is -2.53. The van der Waals surface area contributed by atoms with Gasteiger partial charge in [0.2, 0.25) is 5.91 Å². The van der Waals surface area contributed by atoms with E-state index >= 15 is 0 Å². The average molecular weight is 336 g/mol. The molecule has 1 saturated heterocycles. The van der Waals surface area contributed by atoms with Gasteiger partial charge in [0, 0.05) is 42.6 Å². The standard InChI is InChI=1S/C15H20N4OS2/c1-12(14(20)17-11-13-3-2-9-21-13)18-5-7-19(8-6-18)15-16-4-10-22-15/h2-4,9-10,12H,5-8,11H2,1H3,(H,17,20). The molecule has 1 aliphatic heterocycles. The first-order chi connectivity index (χ1) is 10.7. The second-order valence-electron chi connectivity index (χ2n) is 5.31. The van der Waals surface area contributed by atoms with Gasteiger partial charge < -0.3 is 10.2 Å². The maximum atomic E-state index is 12.3. The lowest BCUT2D eigenvalue weighted by atomic mass is 10.2. The number of hydrogen-bond donors (Lipinski definition) is 1. The third-order valence-corrected chi connectivity index (χ3v) is 5.66. The summed E-state index contributed by atoms with van der Waals surface area (Å²) in [5.74, 6) is 0.107. The Kier molecular flexibility index (Phi) is 5.07. The fourth-order valence-corrected chi connectivity index (χ4v) is 3.91. The van der Waals surface area contributed by atoms with Crippen LogP contribution in [-0.2, 0) is 11.3 Å². The van der Waals surface area contributed by atoms with Crippen LogP contribution < -0.4 is 10.2 Å². The first-order valence-electron chi connectivity index (χ1n) is 7.42. The van der Waals surface area contributed by atoms with Gasteiger partial charge in [0.25, 0.3) is 0 Å². The molecule has 2 aromatic heterocycles. The Morgan fingerprint density at radius 2 is 2.14 bits per heavy atom. The number of rotatable bonds is 5. The first kappa shape index (κ1) is 15.5. The number of piperazine rings is 1. The molecular formula is C15H20N4OS2. The largest absolute Gasteiger partial charge is 0.350 e. The van der Waals surface area contributed by atoms with E-state index < -0.39 is 0 Å². The fourth-order valence-electron chi connectivity index (χ4n) is 2.57. The quantitative estimate of drug-likeness (QED) is 0.908. The van der Waals surface area contributed by atoms with Gasteiger partial charge in [0.05, 0.1) is 12.6 Å². The molecule has 0 bridgehead atoms. The number of hydrogen-bond acceptors (Lipinski definition) is 6. The number of amides is 1. The number of thiazole rings is 1. The van der Waals surface area contributed by atoms with Gasteiger partial charge in [-0.2, -0.15) is 0 Å². The van der Waals surface area contributed by atoms with E-state index in [1.807, 2.05) is 36.0 Å². The van der Waals surface area contributed by atoms with Crippen molar-refractivity contribution in [2.45, 2.75) is 19.5 Å². The highest BCUT2D eigenvalue weighted by molar-refractivity contribution is 7.13. The molecule has 3 heterocycles. The number of carbonyl (C=O) groups is 1. The molecule has 1 aliphatic rings. The molecule has 118 valence electrons. The Bertz CT molecular complexity index is 577. The van der Waals surface area contributed by atoms with Crippen LogP contribution in [0.2, 0.25) is 0 Å². The van der Waals surface area contributed by atoms with Crippen molar-refractivity contribution in [1.82, 2.24) is 15.2 Å². The van der Waals surface area contributed by atoms with Gasteiger partial charge in [0.15, 0.2) is 5.13 Å². The summed E-state index contributed by atoms with van der Waals surface area (Å²) in [5.41, 5.74) is 0. The Labute approximate surface area is 138 Å². The molecule has 0 aliphatic carbocycles. The van der Waals surface area contributed by atoms with Crippen LogP contribution in [0.1, 0.15) is 11.8 Å². The van der Waals surface area contributed by atoms with Crippen LogP contribution in [0.5, 0.6) is 0 Å². The van der Waals surface area contributed by atoms with Crippen LogP contribution in [0.3, 0.4) is 0 Å². The Hall–Kier alpha value is -1.44. The summed E-state index contributed by atoms with van der Waals surface area (Å²) in [4.78, 5) is 22.3. The lowest BCUT2D eigenvalue weighted by Gasteiger charge is -2.37. The summed E-state index contributed by atoms with van der Waals surface area (Å²) in [6.07, 6.45) is 1.84. The number of anilines is 1. The maximum Gasteiger partial charge on any atom is 0.237 e. The Morgan fingerprint density at radius 3 is 2.77 bits per heavy atom. The minimum atomic E-state index is -0.0848. The van der Waals surface area contributed by atoms with E-state index in [1.54, 1.807) is 22.7 Å². The van der Waals surface area contributed by atoms with Gasteiger partial charge in [-0.1, -0.05) is 6.07 Å². The number of thiophene rings is 1. The molecule has 2 aromatic rings. The molecule has 7 heteroatoms. The Morgan fingerprint density at radius 1 is 1.32 bits per heavy atom. The van der Waals surface area contributed by atoms with E-state index in [1.165, 1.54) is 4.88 Å². The van der Waals surface area contributed by atoms with Gasteiger partial charge in [-0.25, -0.2) is 4.98 Å². The zero-order valence-electron chi connectivity index (χ0n) is 12.6. The topological polar surface area (TPSA) is 48.5 Å². The van der Waals surface area contributed by atoms with Crippen LogP contribution in [0.25, 0.3) is 0 Å². The third-order valence-electron chi connectivity index (χ3n) is 3.95. The fraction of sp³-hybridized carbons (Fsp3) is 0.467. The molecular weight excluding hydrogens is 316 g/mol. The lowest BCUT2D eigenvalue weighted by molar-refractivity contribution is -0.126. The summed E-state index contributed by atoms with van der Waals surface area (Å²) in [6, 6.07) is 3.97. The molecule has 1 fully saturated rings. The molecule has 1 atom stereocenters. The van der Waals surface area contributed by atoms with Crippen molar-refractivity contribution >= 4 is 33.7 Å². The number of nitrogens with one attached hydrogen (secondary N) is 1. The van der Waals surface area contributed by atoms with Crippen molar-refractivity contribution in [2.75, 3.05) is 31.1 Å². The molecule has 1 unspecified atom stereocenters. The predicted octanol–water partition coefficient (Wildman–Crippen LogP) is 2.03. The monoisotopic (exact) mass is 336 g/mol. The molecule has 0 radical (unpaired) electrons. The maximum absolute atomic E-state index is 12.3. The highest BCUT2D eigenvalue weighted by Crippen LogP contribution is 2.19. The van der Waals surface area contributed by atoms with E-state index in [-0.39, 0.29) is 11.9 Å². The van der Waals surface area contributed by atoms with Crippen molar-refractivity contribution in [3.63, 3.8) is 0 Å². The van der Waals surface area contributed by atoms with Crippen molar-refractivity contribution in [3.05, 3.63) is 34.0 Å². The number of nitrogens with zero attached hydrogens (tertiary/aromatic N) is 3. The van der Waals surface area contributed by atoms with E-state index in [4.69, 9.17) is 0 Å². The smallest absolute Gasteiger partial charge is 0.237 e. The molecule has 3 rings (SSSR count). The van der Waals surface area contributed by atoms with E-state index in [2.05, 4.69) is 20.1 Å². The highest BCUT2D eigenvalue weighted by Gasteiger charge is 2.26. The minimum absolute atomic E-state index is 0.0848. The highest BCUT2D eigenvalue weighted by atomic mass is 32.1. The van der Waals surface area contributed by atoms with Crippen molar-refractivity contribution in [3.8, 4) is 0 Å². The van der Waals surface area contributed by atoms with E-state index in [9.17, 15) is 4.79 Å². The zero-order valence-corrected chi connectivity index (χ0v) is 14.2. The minimum Gasteiger partial charge on any atom is -0.350 e. The second kappa shape index (κ2) is 7.21. The van der Waals surface area contributed by atoms with Gasteiger partial charge in [-0.05, 0) is 18.4 Å². The summed E-state index contributed by atoms with van der Waals surface area (Å²) >= 11 is 3.34. The average Bonchev–Trinajstić information content (AvgIpc) is 3.25. The molecule has 0 saturated carbocycles. The van der Waals surface area contributed by atoms with E-state index in [0.29, 0.717) is 6.54 Å². The normalized spacial score (nSPS) is 17.4. The summed E-state index contributed by atoms with van der Waals surface area (Å²) < 4.78 is 0. The van der Waals surface area contributed by atoms with Crippen LogP contribution in [0.4, 0.5) is 5.13 Å². The van der Waals surface area contributed by atoms with Crippen LogP contribution in [0.15, 0.2) is 29.1 Å². The van der Waals surface area contributed by atoms with Crippen LogP contribution >= 0.6 is 22.7 Å².